The van der Waals surface area contributed by atoms with Crippen LogP contribution in [0.15, 0.2) is 18.3 Å². The highest BCUT2D eigenvalue weighted by Crippen LogP contribution is 2.17. The van der Waals surface area contributed by atoms with Crippen LogP contribution in [0.1, 0.15) is 5.69 Å². The largest absolute Gasteiger partial charge is 0.390 e. The molecule has 3 rings (SSSR count). The molecule has 1 N–H and O–H groups in total. The van der Waals surface area contributed by atoms with E-state index in [1.54, 1.807) is 6.20 Å². The maximum atomic E-state index is 12.3. The number of carbonyl (C=O) groups is 1. The highest BCUT2D eigenvalue weighted by Gasteiger charge is 2.23. The Hall–Kier alpha value is -1.70. The predicted octanol–water partition coefficient (Wildman–Crippen LogP) is -0.445. The van der Waals surface area contributed by atoms with E-state index in [-0.39, 0.29) is 12.5 Å². The van der Waals surface area contributed by atoms with Gasteiger partial charge in [0.1, 0.15) is 0 Å². The zero-order chi connectivity index (χ0) is 16.1. The molecule has 0 atom stereocenters. The molecule has 1 aromatic rings. The molecular weight excluding hydrogens is 296 g/mol. The van der Waals surface area contributed by atoms with Crippen LogP contribution < -0.4 is 4.90 Å². The quantitative estimate of drug-likeness (QED) is 0.811. The van der Waals surface area contributed by atoms with Gasteiger partial charge >= 0.3 is 0 Å². The van der Waals surface area contributed by atoms with E-state index in [0.717, 1.165) is 31.9 Å². The third-order valence-electron chi connectivity index (χ3n) is 4.42. The molecule has 1 amide bonds. The summed E-state index contributed by atoms with van der Waals surface area (Å²) in [7, 11) is 0. The number of hydrogen-bond acceptors (Lipinski definition) is 6. The summed E-state index contributed by atoms with van der Waals surface area (Å²) in [5, 5.41) is 9.19. The molecule has 2 aliphatic rings. The van der Waals surface area contributed by atoms with Crippen molar-refractivity contribution in [2.24, 2.45) is 0 Å². The lowest BCUT2D eigenvalue weighted by Gasteiger charge is -2.37. The van der Waals surface area contributed by atoms with Gasteiger partial charge in [-0.25, -0.2) is 0 Å². The van der Waals surface area contributed by atoms with Crippen LogP contribution in [0.4, 0.5) is 5.69 Å². The Labute approximate surface area is 136 Å². The molecule has 2 fully saturated rings. The van der Waals surface area contributed by atoms with Crippen molar-refractivity contribution in [3.8, 4) is 0 Å². The lowest BCUT2D eigenvalue weighted by atomic mass is 10.2. The minimum atomic E-state index is -0.0398. The van der Waals surface area contributed by atoms with Gasteiger partial charge in [-0.05, 0) is 12.1 Å². The van der Waals surface area contributed by atoms with Crippen LogP contribution in [0.5, 0.6) is 0 Å². The van der Waals surface area contributed by atoms with Crippen molar-refractivity contribution in [2.75, 3.05) is 63.9 Å². The van der Waals surface area contributed by atoms with E-state index in [2.05, 4.69) is 14.8 Å². The van der Waals surface area contributed by atoms with Crippen molar-refractivity contribution in [1.82, 2.24) is 14.8 Å². The van der Waals surface area contributed by atoms with Gasteiger partial charge in [0.2, 0.25) is 5.91 Å². The average molecular weight is 320 g/mol. The molecule has 0 aromatic carbocycles. The average Bonchev–Trinajstić information content (AvgIpc) is 2.63. The fourth-order valence-corrected chi connectivity index (χ4v) is 3.02. The van der Waals surface area contributed by atoms with E-state index in [4.69, 9.17) is 4.74 Å². The van der Waals surface area contributed by atoms with Crippen LogP contribution in [-0.2, 0) is 16.1 Å². The van der Waals surface area contributed by atoms with Gasteiger partial charge in [0, 0.05) is 51.2 Å². The molecule has 2 aliphatic heterocycles. The number of rotatable bonds is 4. The molecule has 7 nitrogen and oxygen atoms in total. The smallest absolute Gasteiger partial charge is 0.236 e. The highest BCUT2D eigenvalue weighted by molar-refractivity contribution is 5.78. The molecule has 0 bridgehead atoms. The van der Waals surface area contributed by atoms with E-state index >= 15 is 0 Å². The summed E-state index contributed by atoms with van der Waals surface area (Å²) in [6, 6.07) is 3.89. The summed E-state index contributed by atoms with van der Waals surface area (Å²) >= 11 is 0. The van der Waals surface area contributed by atoms with Crippen LogP contribution in [0.2, 0.25) is 0 Å². The number of pyridine rings is 1. The Morgan fingerprint density at radius 3 is 2.61 bits per heavy atom. The van der Waals surface area contributed by atoms with Gasteiger partial charge in [-0.1, -0.05) is 0 Å². The van der Waals surface area contributed by atoms with Gasteiger partial charge in [0.05, 0.1) is 32.1 Å². The Balaban J connectivity index is 1.49. The second-order valence-corrected chi connectivity index (χ2v) is 5.92. The molecule has 2 saturated heterocycles. The lowest BCUT2D eigenvalue weighted by Crippen LogP contribution is -2.51. The first-order chi connectivity index (χ1) is 11.3. The van der Waals surface area contributed by atoms with E-state index in [9.17, 15) is 9.90 Å². The van der Waals surface area contributed by atoms with Crippen molar-refractivity contribution in [1.29, 1.82) is 0 Å². The second kappa shape index (κ2) is 7.72. The monoisotopic (exact) mass is 320 g/mol. The normalized spacial score (nSPS) is 19.9. The number of morpholine rings is 1. The van der Waals surface area contributed by atoms with E-state index in [0.29, 0.717) is 38.5 Å². The molecule has 3 heterocycles. The zero-order valence-electron chi connectivity index (χ0n) is 13.4. The third-order valence-corrected chi connectivity index (χ3v) is 4.42. The van der Waals surface area contributed by atoms with Crippen molar-refractivity contribution < 1.29 is 14.6 Å². The number of aliphatic hydroxyl groups excluding tert-OH is 1. The standard InChI is InChI=1S/C16H24N4O3/c21-13-14-11-15(1-2-17-14)19-5-3-18(4-6-19)12-16(22)20-7-9-23-10-8-20/h1-2,11,21H,3-10,12-13H2. The summed E-state index contributed by atoms with van der Waals surface area (Å²) in [6.45, 7) is 6.66. The number of aliphatic hydroxyl groups is 1. The van der Waals surface area contributed by atoms with Gasteiger partial charge < -0.3 is 19.6 Å². The second-order valence-electron chi connectivity index (χ2n) is 5.92. The maximum absolute atomic E-state index is 12.3. The van der Waals surface area contributed by atoms with E-state index in [1.807, 2.05) is 17.0 Å². The van der Waals surface area contributed by atoms with Crippen molar-refractivity contribution >= 4 is 11.6 Å². The minimum Gasteiger partial charge on any atom is -0.390 e. The Kier molecular flexibility index (Phi) is 5.43. The highest BCUT2D eigenvalue weighted by atomic mass is 16.5. The van der Waals surface area contributed by atoms with Crippen LogP contribution >= 0.6 is 0 Å². The van der Waals surface area contributed by atoms with Crippen molar-refractivity contribution in [3.05, 3.63) is 24.0 Å². The van der Waals surface area contributed by atoms with Gasteiger partial charge in [0.25, 0.3) is 0 Å². The first-order valence-corrected chi connectivity index (χ1v) is 8.15. The molecule has 0 radical (unpaired) electrons. The van der Waals surface area contributed by atoms with Gasteiger partial charge in [-0.15, -0.1) is 0 Å². The zero-order valence-corrected chi connectivity index (χ0v) is 13.4. The first-order valence-electron chi connectivity index (χ1n) is 8.15. The molecule has 0 spiro atoms. The lowest BCUT2D eigenvalue weighted by molar-refractivity contribution is -0.136. The molecule has 0 aliphatic carbocycles. The summed E-state index contributed by atoms with van der Waals surface area (Å²) < 4.78 is 5.28. The molecule has 0 saturated carbocycles. The van der Waals surface area contributed by atoms with E-state index < -0.39 is 0 Å². The van der Waals surface area contributed by atoms with Gasteiger partial charge in [-0.3, -0.25) is 14.7 Å². The Morgan fingerprint density at radius 1 is 1.17 bits per heavy atom. The minimum absolute atomic E-state index is 0.0398. The SMILES string of the molecule is O=C(CN1CCN(c2ccnc(CO)c2)CC1)N1CCOCC1. The Bertz CT molecular complexity index is 526. The summed E-state index contributed by atoms with van der Waals surface area (Å²) in [4.78, 5) is 22.8. The molecule has 1 aromatic heterocycles. The molecule has 7 heteroatoms. The van der Waals surface area contributed by atoms with Crippen molar-refractivity contribution in [3.63, 3.8) is 0 Å². The maximum Gasteiger partial charge on any atom is 0.236 e. The molecular formula is C16H24N4O3. The number of carbonyl (C=O) groups excluding carboxylic acids is 1. The number of nitrogens with zero attached hydrogens (tertiary/aromatic N) is 4. The fourth-order valence-electron chi connectivity index (χ4n) is 3.02. The number of ether oxygens (including phenoxy) is 1. The number of aromatic nitrogens is 1. The van der Waals surface area contributed by atoms with Crippen LogP contribution in [0, 0.1) is 0 Å². The number of anilines is 1. The number of amides is 1. The number of hydrogen-bond donors (Lipinski definition) is 1. The fraction of sp³-hybridized carbons (Fsp3) is 0.625. The molecule has 126 valence electrons. The molecule has 23 heavy (non-hydrogen) atoms. The summed E-state index contributed by atoms with van der Waals surface area (Å²) in [6.07, 6.45) is 1.73. The van der Waals surface area contributed by atoms with Crippen molar-refractivity contribution in [2.45, 2.75) is 6.61 Å². The van der Waals surface area contributed by atoms with Crippen LogP contribution in [0.3, 0.4) is 0 Å². The van der Waals surface area contributed by atoms with E-state index in [1.165, 1.54) is 0 Å². The number of piperazine rings is 1. The van der Waals surface area contributed by atoms with Gasteiger partial charge in [-0.2, -0.15) is 0 Å². The van der Waals surface area contributed by atoms with Crippen LogP contribution in [0.25, 0.3) is 0 Å². The molecule has 0 unspecified atom stereocenters. The van der Waals surface area contributed by atoms with Crippen LogP contribution in [-0.4, -0.2) is 84.8 Å². The Morgan fingerprint density at radius 2 is 1.91 bits per heavy atom. The third kappa shape index (κ3) is 4.19. The predicted molar refractivity (Wildman–Crippen MR) is 86.2 cm³/mol. The van der Waals surface area contributed by atoms with Gasteiger partial charge in [0.15, 0.2) is 0 Å². The summed E-state index contributed by atoms with van der Waals surface area (Å²) in [5.74, 6) is 0.202. The summed E-state index contributed by atoms with van der Waals surface area (Å²) in [5.41, 5.74) is 1.77. The topological polar surface area (TPSA) is 69.1 Å². The first kappa shape index (κ1) is 16.2.